The summed E-state index contributed by atoms with van der Waals surface area (Å²) in [5.41, 5.74) is 2.67. The Morgan fingerprint density at radius 2 is 1.72 bits per heavy atom. The predicted octanol–water partition coefficient (Wildman–Crippen LogP) is 2.71. The van der Waals surface area contributed by atoms with Gasteiger partial charge in [0, 0.05) is 32.6 Å². The Hall–Kier alpha value is -1.77. The molecule has 2 heterocycles. The molecule has 1 aliphatic heterocycles. The molecule has 3 rings (SSSR count). The molecule has 0 amide bonds. The van der Waals surface area contributed by atoms with Gasteiger partial charge in [0.1, 0.15) is 5.82 Å². The van der Waals surface area contributed by atoms with Crippen molar-refractivity contribution in [1.29, 1.82) is 0 Å². The molecule has 0 spiro atoms. The predicted molar refractivity (Wildman–Crippen MR) is 115 cm³/mol. The molecule has 1 N–H and O–H groups in total. The first-order valence-corrected chi connectivity index (χ1v) is 12.2. The van der Waals surface area contributed by atoms with E-state index in [2.05, 4.69) is 62.5 Å². The fourth-order valence-corrected chi connectivity index (χ4v) is 4.60. The van der Waals surface area contributed by atoms with Crippen molar-refractivity contribution in [3.05, 3.63) is 47.0 Å². The highest BCUT2D eigenvalue weighted by molar-refractivity contribution is 7.88. The lowest BCUT2D eigenvalue weighted by molar-refractivity contribution is 0.269. The molecule has 29 heavy (non-hydrogen) atoms. The maximum absolute atomic E-state index is 11.8. The minimum atomic E-state index is -3.33. The molecule has 0 saturated heterocycles. The summed E-state index contributed by atoms with van der Waals surface area (Å²) in [4.78, 5) is 2.43. The van der Waals surface area contributed by atoms with Crippen molar-refractivity contribution >= 4 is 10.0 Å². The molecule has 0 fully saturated rings. The van der Waals surface area contributed by atoms with E-state index in [1.165, 1.54) is 17.4 Å². The second kappa shape index (κ2) is 8.93. The van der Waals surface area contributed by atoms with Crippen LogP contribution < -0.4 is 4.72 Å². The van der Waals surface area contributed by atoms with E-state index < -0.39 is 10.0 Å². The van der Waals surface area contributed by atoms with Crippen molar-refractivity contribution in [2.75, 3.05) is 19.3 Å². The molecule has 0 radical (unpaired) electrons. The van der Waals surface area contributed by atoms with Crippen LogP contribution in [0.25, 0.3) is 0 Å². The molecule has 1 aliphatic rings. The number of hydrogen-bond donors (Lipinski definition) is 1. The van der Waals surface area contributed by atoms with E-state index in [0.29, 0.717) is 11.7 Å². The van der Waals surface area contributed by atoms with E-state index in [1.54, 1.807) is 0 Å². The summed E-state index contributed by atoms with van der Waals surface area (Å²) in [7, 11) is -3.33. The molecule has 0 saturated carbocycles. The number of nitrogens with zero attached hydrogens (tertiary/aromatic N) is 4. The molecule has 1 aromatic heterocycles. The van der Waals surface area contributed by atoms with E-state index in [4.69, 9.17) is 0 Å². The average molecular weight is 420 g/mol. The van der Waals surface area contributed by atoms with Crippen LogP contribution in [0.3, 0.4) is 0 Å². The van der Waals surface area contributed by atoms with Gasteiger partial charge in [-0.2, -0.15) is 0 Å². The van der Waals surface area contributed by atoms with Crippen molar-refractivity contribution in [1.82, 2.24) is 24.4 Å². The fourth-order valence-electron chi connectivity index (χ4n) is 3.76. The van der Waals surface area contributed by atoms with E-state index in [9.17, 15) is 8.42 Å². The standard InChI is InChI=1S/C21H33N5O2S/c1-15(2)18-8-6-17(7-9-18)14-25-11-10-19-22-23-21(26(19)13-12-25)20(16(3)4)24-29(5,27)28/h6-9,15-16,20,24H,10-14H2,1-5H3/t20-/m0/s1. The highest BCUT2D eigenvalue weighted by Crippen LogP contribution is 2.23. The Labute approximate surface area is 174 Å². The van der Waals surface area contributed by atoms with Crippen LogP contribution in [0.2, 0.25) is 0 Å². The highest BCUT2D eigenvalue weighted by atomic mass is 32.2. The molecule has 0 aliphatic carbocycles. The molecule has 160 valence electrons. The van der Waals surface area contributed by atoms with Gasteiger partial charge in [0.05, 0.1) is 12.3 Å². The lowest BCUT2D eigenvalue weighted by Gasteiger charge is -2.22. The number of rotatable bonds is 7. The summed E-state index contributed by atoms with van der Waals surface area (Å²) in [5.74, 6) is 2.26. The van der Waals surface area contributed by atoms with Crippen LogP contribution in [0.4, 0.5) is 0 Å². The van der Waals surface area contributed by atoms with Gasteiger partial charge in [-0.3, -0.25) is 4.90 Å². The van der Waals surface area contributed by atoms with E-state index in [1.807, 2.05) is 13.8 Å². The summed E-state index contributed by atoms with van der Waals surface area (Å²) in [5, 5.41) is 8.72. The normalized spacial score (nSPS) is 16.8. The molecule has 0 bridgehead atoms. The largest absolute Gasteiger partial charge is 0.312 e. The van der Waals surface area contributed by atoms with Crippen molar-refractivity contribution < 1.29 is 8.42 Å². The Morgan fingerprint density at radius 3 is 2.31 bits per heavy atom. The summed E-state index contributed by atoms with van der Waals surface area (Å²) >= 11 is 0. The Bertz CT molecular complexity index is 919. The van der Waals surface area contributed by atoms with Gasteiger partial charge in [-0.15, -0.1) is 10.2 Å². The van der Waals surface area contributed by atoms with Crippen LogP contribution in [-0.4, -0.2) is 47.4 Å². The SMILES string of the molecule is CC(C)c1ccc(CN2CCc3nnc([C@@H](NS(C)(=O)=O)C(C)C)n3CC2)cc1. The summed E-state index contributed by atoms with van der Waals surface area (Å²) < 4.78 is 28.5. The number of nitrogens with one attached hydrogen (secondary N) is 1. The van der Waals surface area contributed by atoms with Gasteiger partial charge in [-0.1, -0.05) is 52.0 Å². The van der Waals surface area contributed by atoms with E-state index in [-0.39, 0.29) is 12.0 Å². The van der Waals surface area contributed by atoms with E-state index in [0.717, 1.165) is 38.4 Å². The second-order valence-corrected chi connectivity index (χ2v) is 10.4. The average Bonchev–Trinajstić information content (AvgIpc) is 2.93. The topological polar surface area (TPSA) is 80.1 Å². The van der Waals surface area contributed by atoms with Gasteiger partial charge < -0.3 is 4.57 Å². The Morgan fingerprint density at radius 1 is 1.03 bits per heavy atom. The van der Waals surface area contributed by atoms with Crippen LogP contribution in [0.5, 0.6) is 0 Å². The molecule has 8 heteroatoms. The summed E-state index contributed by atoms with van der Waals surface area (Å²) in [6.45, 7) is 11.9. The zero-order chi connectivity index (χ0) is 21.2. The summed E-state index contributed by atoms with van der Waals surface area (Å²) in [6.07, 6.45) is 2.00. The van der Waals surface area contributed by atoms with Crippen molar-refractivity contribution in [2.45, 2.75) is 59.2 Å². The summed E-state index contributed by atoms with van der Waals surface area (Å²) in [6, 6.07) is 8.50. The first kappa shape index (κ1) is 21.9. The first-order valence-electron chi connectivity index (χ1n) is 10.3. The molecule has 2 aromatic rings. The van der Waals surface area contributed by atoms with Gasteiger partial charge >= 0.3 is 0 Å². The van der Waals surface area contributed by atoms with Gasteiger partial charge in [0.2, 0.25) is 10.0 Å². The molecule has 0 unspecified atom stereocenters. The van der Waals surface area contributed by atoms with Gasteiger partial charge in [-0.25, -0.2) is 13.1 Å². The number of aromatic nitrogens is 3. The quantitative estimate of drug-likeness (QED) is 0.746. The lowest BCUT2D eigenvalue weighted by atomic mass is 10.0. The third kappa shape index (κ3) is 5.65. The maximum Gasteiger partial charge on any atom is 0.209 e. The highest BCUT2D eigenvalue weighted by Gasteiger charge is 2.28. The molecular formula is C21H33N5O2S. The van der Waals surface area contributed by atoms with Crippen LogP contribution in [-0.2, 0) is 29.5 Å². The van der Waals surface area contributed by atoms with Crippen LogP contribution >= 0.6 is 0 Å². The zero-order valence-electron chi connectivity index (χ0n) is 18.1. The Kier molecular flexibility index (Phi) is 6.76. The zero-order valence-corrected chi connectivity index (χ0v) is 18.9. The van der Waals surface area contributed by atoms with Gasteiger partial charge in [0.25, 0.3) is 0 Å². The second-order valence-electron chi connectivity index (χ2n) is 8.66. The molecular weight excluding hydrogens is 386 g/mol. The van der Waals surface area contributed by atoms with Crippen LogP contribution in [0.15, 0.2) is 24.3 Å². The van der Waals surface area contributed by atoms with Crippen molar-refractivity contribution in [3.63, 3.8) is 0 Å². The molecule has 1 atom stereocenters. The van der Waals surface area contributed by atoms with Crippen LogP contribution in [0, 0.1) is 5.92 Å². The smallest absolute Gasteiger partial charge is 0.209 e. The fraction of sp³-hybridized carbons (Fsp3) is 0.619. The Balaban J connectivity index is 1.72. The number of fused-ring (bicyclic) bond motifs is 1. The van der Waals surface area contributed by atoms with Crippen LogP contribution in [0.1, 0.15) is 62.4 Å². The first-order chi connectivity index (χ1) is 13.6. The number of benzene rings is 1. The van der Waals surface area contributed by atoms with Crippen molar-refractivity contribution in [3.8, 4) is 0 Å². The number of hydrogen-bond acceptors (Lipinski definition) is 5. The minimum Gasteiger partial charge on any atom is -0.312 e. The third-order valence-corrected chi connectivity index (χ3v) is 6.17. The van der Waals surface area contributed by atoms with Gasteiger partial charge in [0.15, 0.2) is 5.82 Å². The molecule has 1 aromatic carbocycles. The van der Waals surface area contributed by atoms with E-state index >= 15 is 0 Å². The lowest BCUT2D eigenvalue weighted by Crippen LogP contribution is -2.33. The maximum atomic E-state index is 11.8. The van der Waals surface area contributed by atoms with Crippen molar-refractivity contribution in [2.24, 2.45) is 5.92 Å². The minimum absolute atomic E-state index is 0.0804. The third-order valence-electron chi connectivity index (χ3n) is 5.49. The number of sulfonamides is 1. The monoisotopic (exact) mass is 419 g/mol. The van der Waals surface area contributed by atoms with Gasteiger partial charge in [-0.05, 0) is 23.0 Å². The molecule has 7 nitrogen and oxygen atoms in total.